The van der Waals surface area contributed by atoms with Crippen molar-refractivity contribution in [2.75, 3.05) is 38.6 Å². The topological polar surface area (TPSA) is 83.6 Å². The van der Waals surface area contributed by atoms with Crippen molar-refractivity contribution in [3.63, 3.8) is 0 Å². The van der Waals surface area contributed by atoms with Crippen molar-refractivity contribution in [3.05, 3.63) is 66.9 Å². The number of pyridine rings is 1. The van der Waals surface area contributed by atoms with Gasteiger partial charge in [0.1, 0.15) is 11.4 Å². The standard InChI is InChI=1S/C28H32N4O3/c1-4-26(33)31-27-22-17-21(10-9-20(22)11-12-25(27)35-5-2)23-7-6-8-24(30-23)28(34)29-18-19-13-15-32(3)16-14-19/h4,6-12,17,19H,1,5,13-16,18H2,2-3H3,(H,29,34)(H,31,33). The Kier molecular flexibility index (Phi) is 7.77. The minimum atomic E-state index is -0.315. The molecule has 3 aromatic rings. The van der Waals surface area contributed by atoms with Gasteiger partial charge in [0.2, 0.25) is 5.91 Å². The lowest BCUT2D eigenvalue weighted by atomic mass is 9.97. The van der Waals surface area contributed by atoms with E-state index in [2.05, 4.69) is 34.1 Å². The molecule has 7 nitrogen and oxygen atoms in total. The molecule has 0 radical (unpaired) electrons. The zero-order valence-corrected chi connectivity index (χ0v) is 20.3. The summed E-state index contributed by atoms with van der Waals surface area (Å²) in [5.41, 5.74) is 2.49. The van der Waals surface area contributed by atoms with Gasteiger partial charge in [0, 0.05) is 17.5 Å². The number of ether oxygens (including phenoxy) is 1. The van der Waals surface area contributed by atoms with Crippen LogP contribution in [-0.4, -0.2) is 55.0 Å². The van der Waals surface area contributed by atoms with Gasteiger partial charge in [-0.05, 0) is 81.5 Å². The van der Waals surface area contributed by atoms with E-state index >= 15 is 0 Å². The van der Waals surface area contributed by atoms with Gasteiger partial charge in [0.05, 0.1) is 18.0 Å². The molecule has 0 saturated carbocycles. The number of hydrogen-bond donors (Lipinski definition) is 2. The number of rotatable bonds is 8. The fourth-order valence-corrected chi connectivity index (χ4v) is 4.35. The van der Waals surface area contributed by atoms with Crippen molar-refractivity contribution < 1.29 is 14.3 Å². The summed E-state index contributed by atoms with van der Waals surface area (Å²) in [5.74, 6) is 0.610. The van der Waals surface area contributed by atoms with Crippen molar-refractivity contribution >= 4 is 28.3 Å². The Balaban J connectivity index is 1.59. The minimum absolute atomic E-state index is 0.163. The molecule has 0 spiro atoms. The molecule has 0 atom stereocenters. The van der Waals surface area contributed by atoms with Crippen LogP contribution in [0.2, 0.25) is 0 Å². The number of carbonyl (C=O) groups excluding carboxylic acids is 2. The quantitative estimate of drug-likeness (QED) is 0.472. The summed E-state index contributed by atoms with van der Waals surface area (Å²) in [4.78, 5) is 31.9. The van der Waals surface area contributed by atoms with Crippen molar-refractivity contribution in [1.29, 1.82) is 0 Å². The zero-order chi connectivity index (χ0) is 24.8. The molecule has 0 bridgehead atoms. The number of carbonyl (C=O) groups is 2. The Labute approximate surface area is 206 Å². The molecule has 4 rings (SSSR count). The maximum Gasteiger partial charge on any atom is 0.269 e. The van der Waals surface area contributed by atoms with Gasteiger partial charge in [-0.1, -0.05) is 30.8 Å². The Morgan fingerprint density at radius 2 is 1.94 bits per heavy atom. The predicted octanol–water partition coefficient (Wildman–Crippen LogP) is 4.50. The van der Waals surface area contributed by atoms with E-state index in [1.165, 1.54) is 6.08 Å². The van der Waals surface area contributed by atoms with Crippen LogP contribution in [0.25, 0.3) is 22.0 Å². The Morgan fingerprint density at radius 1 is 1.17 bits per heavy atom. The van der Waals surface area contributed by atoms with E-state index in [-0.39, 0.29) is 11.8 Å². The van der Waals surface area contributed by atoms with Crippen molar-refractivity contribution in [2.24, 2.45) is 5.92 Å². The van der Waals surface area contributed by atoms with Gasteiger partial charge in [-0.15, -0.1) is 0 Å². The maximum absolute atomic E-state index is 12.8. The number of fused-ring (bicyclic) bond motifs is 1. The van der Waals surface area contributed by atoms with E-state index < -0.39 is 0 Å². The second-order valence-electron chi connectivity index (χ2n) is 8.87. The number of anilines is 1. The number of likely N-dealkylation sites (tertiary alicyclic amines) is 1. The molecule has 1 fully saturated rings. The molecule has 2 N–H and O–H groups in total. The van der Waals surface area contributed by atoms with Gasteiger partial charge < -0.3 is 20.3 Å². The van der Waals surface area contributed by atoms with Gasteiger partial charge in [-0.25, -0.2) is 4.98 Å². The van der Waals surface area contributed by atoms with Gasteiger partial charge in [-0.2, -0.15) is 0 Å². The molecule has 0 unspecified atom stereocenters. The molecule has 1 saturated heterocycles. The molecule has 1 aliphatic heterocycles. The second kappa shape index (κ2) is 11.1. The van der Waals surface area contributed by atoms with E-state index in [4.69, 9.17) is 4.74 Å². The highest BCUT2D eigenvalue weighted by Crippen LogP contribution is 2.36. The lowest BCUT2D eigenvalue weighted by molar-refractivity contribution is -0.111. The number of nitrogens with zero attached hydrogens (tertiary/aromatic N) is 2. The zero-order valence-electron chi connectivity index (χ0n) is 20.3. The first-order valence-corrected chi connectivity index (χ1v) is 12.1. The smallest absolute Gasteiger partial charge is 0.269 e. The first kappa shape index (κ1) is 24.4. The van der Waals surface area contributed by atoms with Crippen molar-refractivity contribution in [1.82, 2.24) is 15.2 Å². The van der Waals surface area contributed by atoms with Crippen LogP contribution in [0, 0.1) is 5.92 Å². The average Bonchev–Trinajstić information content (AvgIpc) is 2.89. The fourth-order valence-electron chi connectivity index (χ4n) is 4.35. The predicted molar refractivity (Wildman–Crippen MR) is 140 cm³/mol. The van der Waals surface area contributed by atoms with Crippen LogP contribution in [0.15, 0.2) is 61.2 Å². The van der Waals surface area contributed by atoms with Gasteiger partial charge in [-0.3, -0.25) is 9.59 Å². The number of benzene rings is 2. The fraction of sp³-hybridized carbons (Fsp3) is 0.321. The number of piperidine rings is 1. The SMILES string of the molecule is C=CC(=O)Nc1c(OCC)ccc2ccc(-c3cccc(C(=O)NCC4CCN(C)CC4)n3)cc12. The largest absolute Gasteiger partial charge is 0.492 e. The third-order valence-corrected chi connectivity index (χ3v) is 6.38. The van der Waals surface area contributed by atoms with Crippen LogP contribution in [0.3, 0.4) is 0 Å². The molecule has 0 aliphatic carbocycles. The average molecular weight is 473 g/mol. The molecule has 2 aromatic carbocycles. The number of hydrogen-bond acceptors (Lipinski definition) is 5. The molecule has 35 heavy (non-hydrogen) atoms. The summed E-state index contributed by atoms with van der Waals surface area (Å²) in [7, 11) is 2.13. The highest BCUT2D eigenvalue weighted by Gasteiger charge is 2.18. The van der Waals surface area contributed by atoms with E-state index in [0.29, 0.717) is 41.9 Å². The summed E-state index contributed by atoms with van der Waals surface area (Å²) in [6.45, 7) is 8.72. The number of amides is 2. The number of aromatic nitrogens is 1. The van der Waals surface area contributed by atoms with Crippen LogP contribution in [-0.2, 0) is 4.79 Å². The molecule has 1 aromatic heterocycles. The molecule has 1 aliphatic rings. The van der Waals surface area contributed by atoms with Gasteiger partial charge in [0.25, 0.3) is 5.91 Å². The van der Waals surface area contributed by atoms with E-state index in [9.17, 15) is 9.59 Å². The highest BCUT2D eigenvalue weighted by atomic mass is 16.5. The van der Waals surface area contributed by atoms with E-state index in [1.54, 1.807) is 6.07 Å². The van der Waals surface area contributed by atoms with E-state index in [1.807, 2.05) is 49.4 Å². The lowest BCUT2D eigenvalue weighted by Gasteiger charge is -2.28. The molecule has 7 heteroatoms. The monoisotopic (exact) mass is 472 g/mol. The molecular formula is C28H32N4O3. The Morgan fingerprint density at radius 3 is 2.69 bits per heavy atom. The maximum atomic E-state index is 12.8. The minimum Gasteiger partial charge on any atom is -0.492 e. The van der Waals surface area contributed by atoms with Crippen LogP contribution in [0.5, 0.6) is 5.75 Å². The van der Waals surface area contributed by atoms with Gasteiger partial charge >= 0.3 is 0 Å². The first-order valence-electron chi connectivity index (χ1n) is 12.1. The molecule has 2 amide bonds. The molecule has 2 heterocycles. The van der Waals surface area contributed by atoms with Crippen LogP contribution >= 0.6 is 0 Å². The Hall–Kier alpha value is -3.71. The number of nitrogens with one attached hydrogen (secondary N) is 2. The van der Waals surface area contributed by atoms with Gasteiger partial charge in [0.15, 0.2) is 0 Å². The third kappa shape index (κ3) is 5.87. The summed E-state index contributed by atoms with van der Waals surface area (Å²) in [6, 6.07) is 15.1. The van der Waals surface area contributed by atoms with Crippen LogP contribution < -0.4 is 15.4 Å². The van der Waals surface area contributed by atoms with Crippen molar-refractivity contribution in [2.45, 2.75) is 19.8 Å². The third-order valence-electron chi connectivity index (χ3n) is 6.38. The highest BCUT2D eigenvalue weighted by molar-refractivity contribution is 6.08. The summed E-state index contributed by atoms with van der Waals surface area (Å²) in [6.07, 6.45) is 3.42. The first-order chi connectivity index (χ1) is 17.0. The summed E-state index contributed by atoms with van der Waals surface area (Å²) < 4.78 is 5.75. The summed E-state index contributed by atoms with van der Waals surface area (Å²) in [5, 5.41) is 7.70. The van der Waals surface area contributed by atoms with Crippen LogP contribution in [0.1, 0.15) is 30.3 Å². The Bertz CT molecular complexity index is 1230. The van der Waals surface area contributed by atoms with Crippen molar-refractivity contribution in [3.8, 4) is 17.0 Å². The normalized spacial score (nSPS) is 14.5. The second-order valence-corrected chi connectivity index (χ2v) is 8.87. The molecular weight excluding hydrogens is 440 g/mol. The lowest BCUT2D eigenvalue weighted by Crippen LogP contribution is -2.37. The van der Waals surface area contributed by atoms with E-state index in [0.717, 1.165) is 42.3 Å². The van der Waals surface area contributed by atoms with Crippen LogP contribution in [0.4, 0.5) is 5.69 Å². The summed E-state index contributed by atoms with van der Waals surface area (Å²) >= 11 is 0. The molecule has 182 valence electrons.